The van der Waals surface area contributed by atoms with Crippen LogP contribution in [-0.2, 0) is 12.1 Å². The number of nitrogens with zero attached hydrogens (tertiary/aromatic N) is 5. The van der Waals surface area contributed by atoms with E-state index in [1.54, 1.807) is 6.92 Å². The van der Waals surface area contributed by atoms with Crippen molar-refractivity contribution in [1.29, 1.82) is 0 Å². The molecule has 1 N–H and O–H groups in total. The fraction of sp³-hybridized carbons (Fsp3) is 0.200. The number of benzene rings is 2. The van der Waals surface area contributed by atoms with Crippen LogP contribution in [0.3, 0.4) is 0 Å². The number of hydrogen-bond acceptors (Lipinski definition) is 7. The molecule has 12 heteroatoms. The summed E-state index contributed by atoms with van der Waals surface area (Å²) < 4.78 is 60.7. The standard InChI is InChI=1S/C20H15F4N5OS2/c1-11(31-19-27-18(28-32-19)12-2-5-15(22)17(24)6-12)20(30,8-29-10-25-9-26-29)14-4-3-13(21)7-16(14)23/h2-7,9-11,30H,8H2,1H3/t11-,20-/m1/s1. The van der Waals surface area contributed by atoms with Crippen molar-refractivity contribution in [2.75, 3.05) is 0 Å². The number of hydrogen-bond donors (Lipinski definition) is 1. The quantitative estimate of drug-likeness (QED) is 0.311. The van der Waals surface area contributed by atoms with E-state index in [1.165, 1.54) is 29.5 Å². The Morgan fingerprint density at radius 2 is 1.91 bits per heavy atom. The van der Waals surface area contributed by atoms with Crippen LogP contribution in [-0.4, -0.2) is 34.5 Å². The Hall–Kier alpha value is -2.83. The van der Waals surface area contributed by atoms with Gasteiger partial charge in [-0.25, -0.2) is 32.2 Å². The molecule has 2 atom stereocenters. The molecule has 2 aromatic carbocycles. The third kappa shape index (κ3) is 4.52. The summed E-state index contributed by atoms with van der Waals surface area (Å²) in [6.45, 7) is 1.50. The minimum atomic E-state index is -1.82. The first-order valence-electron chi connectivity index (χ1n) is 9.22. The zero-order chi connectivity index (χ0) is 22.9. The molecule has 0 bridgehead atoms. The van der Waals surface area contributed by atoms with Crippen molar-refractivity contribution in [3.05, 3.63) is 77.9 Å². The SMILES string of the molecule is C[C@@H](Sc1nc(-c2ccc(F)c(F)c2)ns1)[C@](O)(Cn1cncn1)c1ccc(F)cc1F. The Balaban J connectivity index is 1.64. The van der Waals surface area contributed by atoms with Gasteiger partial charge in [0.25, 0.3) is 0 Å². The number of aromatic nitrogens is 5. The molecule has 0 saturated heterocycles. The summed E-state index contributed by atoms with van der Waals surface area (Å²) in [5, 5.41) is 14.8. The molecular weight excluding hydrogens is 466 g/mol. The molecule has 2 heterocycles. The molecule has 166 valence electrons. The van der Waals surface area contributed by atoms with Crippen LogP contribution in [0.1, 0.15) is 12.5 Å². The number of halogens is 4. The molecule has 0 radical (unpaired) electrons. The van der Waals surface area contributed by atoms with Gasteiger partial charge in [-0.15, -0.1) is 0 Å². The van der Waals surface area contributed by atoms with Crippen molar-refractivity contribution in [2.45, 2.75) is 28.7 Å². The van der Waals surface area contributed by atoms with E-state index < -0.39 is 34.1 Å². The van der Waals surface area contributed by atoms with Crippen molar-refractivity contribution in [3.63, 3.8) is 0 Å². The summed E-state index contributed by atoms with van der Waals surface area (Å²) in [6.07, 6.45) is 2.65. The summed E-state index contributed by atoms with van der Waals surface area (Å²) in [4.78, 5) is 8.15. The van der Waals surface area contributed by atoms with Crippen molar-refractivity contribution < 1.29 is 22.7 Å². The first-order valence-corrected chi connectivity index (χ1v) is 10.9. The molecule has 0 spiro atoms. The van der Waals surface area contributed by atoms with Crippen molar-refractivity contribution in [1.82, 2.24) is 24.1 Å². The zero-order valence-electron chi connectivity index (χ0n) is 16.4. The predicted octanol–water partition coefficient (Wildman–Crippen LogP) is 4.42. The fourth-order valence-electron chi connectivity index (χ4n) is 3.09. The van der Waals surface area contributed by atoms with E-state index in [-0.39, 0.29) is 17.9 Å². The van der Waals surface area contributed by atoms with E-state index >= 15 is 0 Å². The largest absolute Gasteiger partial charge is 0.382 e. The van der Waals surface area contributed by atoms with Gasteiger partial charge in [-0.3, -0.25) is 0 Å². The number of thioether (sulfide) groups is 1. The summed E-state index contributed by atoms with van der Waals surface area (Å²) in [5.41, 5.74) is -1.63. The normalized spacial score (nSPS) is 14.3. The van der Waals surface area contributed by atoms with E-state index in [4.69, 9.17) is 0 Å². The molecule has 4 aromatic rings. The van der Waals surface area contributed by atoms with E-state index in [0.29, 0.717) is 16.0 Å². The van der Waals surface area contributed by atoms with E-state index in [2.05, 4.69) is 19.4 Å². The molecule has 0 aliphatic carbocycles. The molecule has 0 amide bonds. The van der Waals surface area contributed by atoms with Crippen LogP contribution in [0.2, 0.25) is 0 Å². The van der Waals surface area contributed by atoms with Gasteiger partial charge in [-0.05, 0) is 42.7 Å². The average molecular weight is 482 g/mol. The summed E-state index contributed by atoms with van der Waals surface area (Å²) in [5.74, 6) is -3.48. The molecule has 2 aromatic heterocycles. The highest BCUT2D eigenvalue weighted by molar-refractivity contribution is 8.01. The molecule has 0 unspecified atom stereocenters. The molecule has 6 nitrogen and oxygen atoms in total. The van der Waals surface area contributed by atoms with Crippen molar-refractivity contribution in [2.24, 2.45) is 0 Å². The van der Waals surface area contributed by atoms with Crippen LogP contribution in [0.15, 0.2) is 53.4 Å². The van der Waals surface area contributed by atoms with Crippen molar-refractivity contribution in [3.8, 4) is 11.4 Å². The highest BCUT2D eigenvalue weighted by Gasteiger charge is 2.40. The number of rotatable bonds is 7. The highest BCUT2D eigenvalue weighted by atomic mass is 32.2. The summed E-state index contributed by atoms with van der Waals surface area (Å²) >= 11 is 2.10. The maximum absolute atomic E-state index is 14.6. The molecule has 0 aliphatic heterocycles. The third-order valence-corrected chi connectivity index (χ3v) is 6.86. The lowest BCUT2D eigenvalue weighted by Crippen LogP contribution is -2.41. The van der Waals surface area contributed by atoms with Gasteiger partial charge in [0.2, 0.25) is 0 Å². The maximum Gasteiger partial charge on any atom is 0.174 e. The Labute approximate surface area is 188 Å². The smallest absolute Gasteiger partial charge is 0.174 e. The highest BCUT2D eigenvalue weighted by Crippen LogP contribution is 2.40. The van der Waals surface area contributed by atoms with Gasteiger partial charge in [-0.2, -0.15) is 9.47 Å². The Kier molecular flexibility index (Phi) is 6.26. The van der Waals surface area contributed by atoms with Gasteiger partial charge in [0.1, 0.15) is 29.9 Å². The van der Waals surface area contributed by atoms with Gasteiger partial charge >= 0.3 is 0 Å². The molecule has 4 rings (SSSR count). The second kappa shape index (κ2) is 8.96. The van der Waals surface area contributed by atoms with Gasteiger partial charge in [0.15, 0.2) is 21.8 Å². The van der Waals surface area contributed by atoms with E-state index in [0.717, 1.165) is 41.5 Å². The topological polar surface area (TPSA) is 76.7 Å². The molecule has 0 saturated carbocycles. The van der Waals surface area contributed by atoms with Crippen LogP contribution >= 0.6 is 23.3 Å². The fourth-order valence-corrected chi connectivity index (χ4v) is 5.09. The maximum atomic E-state index is 14.6. The van der Waals surface area contributed by atoms with Crippen LogP contribution in [0.4, 0.5) is 17.6 Å². The minimum absolute atomic E-state index is 0.111. The first-order chi connectivity index (χ1) is 15.3. The van der Waals surface area contributed by atoms with Gasteiger partial charge in [0, 0.05) is 22.4 Å². The zero-order valence-corrected chi connectivity index (χ0v) is 18.0. The lowest BCUT2D eigenvalue weighted by Gasteiger charge is -2.33. The van der Waals surface area contributed by atoms with Gasteiger partial charge < -0.3 is 5.11 Å². The first kappa shape index (κ1) is 22.4. The van der Waals surface area contributed by atoms with Crippen molar-refractivity contribution >= 4 is 23.3 Å². The lowest BCUT2D eigenvalue weighted by atomic mass is 9.90. The summed E-state index contributed by atoms with van der Waals surface area (Å²) in [6, 6.07) is 6.28. The number of aliphatic hydroxyl groups is 1. The Morgan fingerprint density at radius 3 is 2.59 bits per heavy atom. The average Bonchev–Trinajstić information content (AvgIpc) is 3.42. The van der Waals surface area contributed by atoms with Crippen LogP contribution in [0.25, 0.3) is 11.4 Å². The Bertz CT molecular complexity index is 1240. The van der Waals surface area contributed by atoms with Crippen LogP contribution in [0, 0.1) is 23.3 Å². The van der Waals surface area contributed by atoms with Crippen LogP contribution in [0.5, 0.6) is 0 Å². The van der Waals surface area contributed by atoms with Crippen LogP contribution < -0.4 is 0 Å². The lowest BCUT2D eigenvalue weighted by molar-refractivity contribution is 0.0133. The van der Waals surface area contributed by atoms with E-state index in [1.807, 2.05) is 0 Å². The molecule has 32 heavy (non-hydrogen) atoms. The molecular formula is C20H15F4N5OS2. The van der Waals surface area contributed by atoms with Gasteiger partial charge in [-0.1, -0.05) is 17.8 Å². The monoisotopic (exact) mass is 481 g/mol. The third-order valence-electron chi connectivity index (χ3n) is 4.80. The Morgan fingerprint density at radius 1 is 1.09 bits per heavy atom. The van der Waals surface area contributed by atoms with Gasteiger partial charge in [0.05, 0.1) is 6.54 Å². The molecule has 0 aliphatic rings. The second-order valence-electron chi connectivity index (χ2n) is 6.91. The minimum Gasteiger partial charge on any atom is -0.382 e. The molecule has 0 fully saturated rings. The second-order valence-corrected chi connectivity index (χ2v) is 9.25. The summed E-state index contributed by atoms with van der Waals surface area (Å²) in [7, 11) is 0. The predicted molar refractivity (Wildman–Crippen MR) is 111 cm³/mol. The van der Waals surface area contributed by atoms with E-state index in [9.17, 15) is 22.7 Å².